The standard InChI is InChI=1S/C23H21ClN2O6S/c1-13(2)20-19(25-23(28)15-5-4-6-17(12-15)26(29)30)11-14(3)21(27)22(20)33(31,32)18-9-7-16(24)8-10-18/h4-13,27H,1-3H3,(H,25,28). The van der Waals surface area contributed by atoms with Crippen LogP contribution in [0.2, 0.25) is 5.02 Å². The molecule has 2 N–H and O–H groups in total. The Morgan fingerprint density at radius 1 is 1.12 bits per heavy atom. The van der Waals surface area contributed by atoms with Crippen LogP contribution in [-0.4, -0.2) is 24.4 Å². The van der Waals surface area contributed by atoms with Gasteiger partial charge in [-0.3, -0.25) is 14.9 Å². The molecule has 8 nitrogen and oxygen atoms in total. The molecule has 0 bridgehead atoms. The molecule has 0 radical (unpaired) electrons. The van der Waals surface area contributed by atoms with Crippen LogP contribution in [0.15, 0.2) is 64.4 Å². The first-order chi connectivity index (χ1) is 15.4. The molecule has 0 saturated heterocycles. The summed E-state index contributed by atoms with van der Waals surface area (Å²) in [7, 11) is -4.17. The van der Waals surface area contributed by atoms with Crippen molar-refractivity contribution in [1.82, 2.24) is 0 Å². The fourth-order valence-corrected chi connectivity index (χ4v) is 5.33. The fraction of sp³-hybridized carbons (Fsp3) is 0.174. The van der Waals surface area contributed by atoms with E-state index in [-0.39, 0.29) is 37.9 Å². The topological polar surface area (TPSA) is 127 Å². The summed E-state index contributed by atoms with van der Waals surface area (Å²) in [6.45, 7) is 4.98. The van der Waals surface area contributed by atoms with E-state index in [9.17, 15) is 28.4 Å². The van der Waals surface area contributed by atoms with Gasteiger partial charge in [-0.05, 0) is 54.8 Å². The number of sulfone groups is 1. The molecule has 172 valence electrons. The second-order valence-corrected chi connectivity index (χ2v) is 10.0. The molecule has 0 aromatic heterocycles. The number of hydrogen-bond donors (Lipinski definition) is 2. The Balaban J connectivity index is 2.17. The molecule has 0 aliphatic rings. The van der Waals surface area contributed by atoms with Crippen LogP contribution in [0.5, 0.6) is 5.75 Å². The van der Waals surface area contributed by atoms with Crippen LogP contribution < -0.4 is 5.32 Å². The van der Waals surface area contributed by atoms with E-state index in [1.54, 1.807) is 13.8 Å². The highest BCUT2D eigenvalue weighted by atomic mass is 35.5. The van der Waals surface area contributed by atoms with Gasteiger partial charge in [0.1, 0.15) is 10.6 Å². The number of rotatable bonds is 6. The number of phenols is 1. The highest BCUT2D eigenvalue weighted by molar-refractivity contribution is 7.91. The van der Waals surface area contributed by atoms with Gasteiger partial charge in [-0.2, -0.15) is 0 Å². The SMILES string of the molecule is Cc1cc(NC(=O)c2cccc([N+](=O)[O-])c2)c(C(C)C)c(S(=O)(=O)c2ccc(Cl)cc2)c1O. The number of carbonyl (C=O) groups is 1. The predicted octanol–water partition coefficient (Wildman–Crippen LogP) is 5.47. The molecule has 0 fully saturated rings. The van der Waals surface area contributed by atoms with Gasteiger partial charge in [0.2, 0.25) is 9.84 Å². The largest absolute Gasteiger partial charge is 0.506 e. The summed E-state index contributed by atoms with van der Waals surface area (Å²) < 4.78 is 27.0. The third-order valence-electron chi connectivity index (χ3n) is 5.02. The van der Waals surface area contributed by atoms with E-state index in [0.29, 0.717) is 5.02 Å². The summed E-state index contributed by atoms with van der Waals surface area (Å²) in [6, 6.07) is 12.2. The molecule has 10 heteroatoms. The highest BCUT2D eigenvalue weighted by Gasteiger charge is 2.30. The zero-order chi connectivity index (χ0) is 24.5. The molecule has 0 atom stereocenters. The molecule has 3 aromatic carbocycles. The van der Waals surface area contributed by atoms with Crippen molar-refractivity contribution >= 4 is 38.7 Å². The van der Waals surface area contributed by atoms with E-state index >= 15 is 0 Å². The fourth-order valence-electron chi connectivity index (χ4n) is 3.43. The third-order valence-corrected chi connectivity index (χ3v) is 7.12. The average Bonchev–Trinajstić information content (AvgIpc) is 2.75. The van der Waals surface area contributed by atoms with Gasteiger partial charge in [0.25, 0.3) is 11.6 Å². The Bertz CT molecular complexity index is 1350. The van der Waals surface area contributed by atoms with Gasteiger partial charge in [0.15, 0.2) is 0 Å². The first-order valence-electron chi connectivity index (χ1n) is 9.86. The van der Waals surface area contributed by atoms with E-state index < -0.39 is 32.3 Å². The Hall–Kier alpha value is -3.43. The minimum absolute atomic E-state index is 0.0340. The molecule has 0 spiro atoms. The number of nitrogens with zero attached hydrogens (tertiary/aromatic N) is 1. The van der Waals surface area contributed by atoms with Gasteiger partial charge in [-0.1, -0.05) is 31.5 Å². The summed E-state index contributed by atoms with van der Waals surface area (Å²) in [4.78, 5) is 22.9. The molecule has 0 aliphatic carbocycles. The third kappa shape index (κ3) is 4.84. The number of nitro benzene ring substituents is 1. The number of non-ortho nitro benzene ring substituents is 1. The molecule has 0 heterocycles. The van der Waals surface area contributed by atoms with Crippen LogP contribution in [0.4, 0.5) is 11.4 Å². The van der Waals surface area contributed by atoms with Gasteiger partial charge < -0.3 is 10.4 Å². The molecule has 3 rings (SSSR count). The smallest absolute Gasteiger partial charge is 0.270 e. The number of anilines is 1. The van der Waals surface area contributed by atoms with E-state index in [1.807, 2.05) is 0 Å². The van der Waals surface area contributed by atoms with Crippen LogP contribution in [0.3, 0.4) is 0 Å². The number of carbonyl (C=O) groups excluding carboxylic acids is 1. The normalized spacial score (nSPS) is 11.4. The summed E-state index contributed by atoms with van der Waals surface area (Å²) in [5.41, 5.74) is 0.420. The van der Waals surface area contributed by atoms with Crippen molar-refractivity contribution in [2.24, 2.45) is 0 Å². The van der Waals surface area contributed by atoms with Crippen molar-refractivity contribution in [1.29, 1.82) is 0 Å². The summed E-state index contributed by atoms with van der Waals surface area (Å²) in [6.07, 6.45) is 0. The second-order valence-electron chi connectivity index (χ2n) is 7.71. The minimum atomic E-state index is -4.17. The summed E-state index contributed by atoms with van der Waals surface area (Å²) in [5.74, 6) is -1.48. The molecule has 0 saturated carbocycles. The molecule has 33 heavy (non-hydrogen) atoms. The number of halogens is 1. The van der Waals surface area contributed by atoms with Gasteiger partial charge in [-0.15, -0.1) is 0 Å². The van der Waals surface area contributed by atoms with Crippen LogP contribution >= 0.6 is 11.6 Å². The maximum atomic E-state index is 13.5. The average molecular weight is 489 g/mol. The lowest BCUT2D eigenvalue weighted by atomic mass is 9.98. The molecule has 0 aliphatic heterocycles. The van der Waals surface area contributed by atoms with Gasteiger partial charge in [-0.25, -0.2) is 8.42 Å². The highest BCUT2D eigenvalue weighted by Crippen LogP contribution is 2.42. The number of nitrogens with one attached hydrogen (secondary N) is 1. The maximum Gasteiger partial charge on any atom is 0.270 e. The van der Waals surface area contributed by atoms with Crippen molar-refractivity contribution in [2.75, 3.05) is 5.32 Å². The lowest BCUT2D eigenvalue weighted by Crippen LogP contribution is -2.17. The lowest BCUT2D eigenvalue weighted by Gasteiger charge is -2.21. The van der Waals surface area contributed by atoms with Crippen molar-refractivity contribution in [3.63, 3.8) is 0 Å². The number of aromatic hydroxyl groups is 1. The van der Waals surface area contributed by atoms with Crippen LogP contribution in [-0.2, 0) is 9.84 Å². The number of phenolic OH excluding ortho intramolecular Hbond substituents is 1. The Kier molecular flexibility index (Phi) is 6.76. The second kappa shape index (κ2) is 9.21. The lowest BCUT2D eigenvalue weighted by molar-refractivity contribution is -0.384. The molecule has 0 unspecified atom stereocenters. The Labute approximate surface area is 195 Å². The molecular formula is C23H21ClN2O6S. The Morgan fingerprint density at radius 2 is 1.76 bits per heavy atom. The maximum absolute atomic E-state index is 13.5. The van der Waals surface area contributed by atoms with Crippen LogP contribution in [0.1, 0.15) is 41.3 Å². The Morgan fingerprint density at radius 3 is 2.33 bits per heavy atom. The van der Waals surface area contributed by atoms with Gasteiger partial charge >= 0.3 is 0 Å². The molecular weight excluding hydrogens is 468 g/mol. The zero-order valence-corrected chi connectivity index (χ0v) is 19.6. The van der Waals surface area contributed by atoms with Gasteiger partial charge in [0, 0.05) is 34.0 Å². The van der Waals surface area contributed by atoms with E-state index in [4.69, 9.17) is 11.6 Å². The zero-order valence-electron chi connectivity index (χ0n) is 18.0. The quantitative estimate of drug-likeness (QED) is 0.269. The minimum Gasteiger partial charge on any atom is -0.506 e. The van der Waals surface area contributed by atoms with Crippen LogP contribution in [0.25, 0.3) is 0 Å². The van der Waals surface area contributed by atoms with Gasteiger partial charge in [0.05, 0.1) is 9.82 Å². The summed E-state index contributed by atoms with van der Waals surface area (Å²) >= 11 is 5.88. The molecule has 1 amide bonds. The number of aryl methyl sites for hydroxylation is 1. The van der Waals surface area contributed by atoms with Crippen molar-refractivity contribution in [3.8, 4) is 5.75 Å². The van der Waals surface area contributed by atoms with Crippen molar-refractivity contribution in [3.05, 3.63) is 86.4 Å². The van der Waals surface area contributed by atoms with E-state index in [1.165, 1.54) is 55.5 Å². The number of amides is 1. The predicted molar refractivity (Wildman–Crippen MR) is 125 cm³/mol. The monoisotopic (exact) mass is 488 g/mol. The van der Waals surface area contributed by atoms with Crippen molar-refractivity contribution in [2.45, 2.75) is 36.5 Å². The van der Waals surface area contributed by atoms with Crippen molar-refractivity contribution < 1.29 is 23.2 Å². The number of benzene rings is 3. The van der Waals surface area contributed by atoms with E-state index in [0.717, 1.165) is 6.07 Å². The van der Waals surface area contributed by atoms with E-state index in [2.05, 4.69) is 5.32 Å². The summed E-state index contributed by atoms with van der Waals surface area (Å²) in [5, 5.41) is 24.8. The molecule has 3 aromatic rings. The van der Waals surface area contributed by atoms with Crippen LogP contribution in [0, 0.1) is 17.0 Å². The number of nitro groups is 1. The number of hydrogen-bond acceptors (Lipinski definition) is 6. The first kappa shape index (κ1) is 24.2. The first-order valence-corrected chi connectivity index (χ1v) is 11.7.